The molecule has 0 spiro atoms. The predicted molar refractivity (Wildman–Crippen MR) is 96.9 cm³/mol. The predicted octanol–water partition coefficient (Wildman–Crippen LogP) is 1.30. The first-order valence-corrected chi connectivity index (χ1v) is 8.56. The van der Waals surface area contributed by atoms with E-state index in [1.54, 1.807) is 11.1 Å². The second kappa shape index (κ2) is 8.01. The Morgan fingerprint density at radius 3 is 3.15 bits per heavy atom. The molecule has 0 aliphatic carbocycles. The lowest BCUT2D eigenvalue weighted by atomic mass is 10.0. The standard InChI is InChI=1S/C18H22N4O4/c1-2-15(24)22-7-3-4-12(11-22)21-16-13-5-6-19-17(13)20-10-14(16)18(25)26-9-8-23/h2,5-6,10,12,23H,1,3-4,7-9,11H2,(H2,19,20,21)/t12-/m1/s1. The van der Waals surface area contributed by atoms with E-state index < -0.39 is 5.97 Å². The molecule has 3 heterocycles. The lowest BCUT2D eigenvalue weighted by Crippen LogP contribution is -2.44. The van der Waals surface area contributed by atoms with E-state index in [1.165, 1.54) is 12.3 Å². The molecule has 8 nitrogen and oxygen atoms in total. The maximum atomic E-state index is 12.3. The number of piperidine rings is 1. The van der Waals surface area contributed by atoms with Gasteiger partial charge >= 0.3 is 5.97 Å². The van der Waals surface area contributed by atoms with E-state index in [0.29, 0.717) is 30.0 Å². The van der Waals surface area contributed by atoms with E-state index in [-0.39, 0.29) is 25.2 Å². The number of hydrogen-bond donors (Lipinski definition) is 3. The number of fused-ring (bicyclic) bond motifs is 1. The quantitative estimate of drug-likeness (QED) is 0.531. The summed E-state index contributed by atoms with van der Waals surface area (Å²) < 4.78 is 5.05. The Morgan fingerprint density at radius 1 is 1.54 bits per heavy atom. The molecule has 0 radical (unpaired) electrons. The molecular formula is C18H22N4O4. The van der Waals surface area contributed by atoms with Crippen LogP contribution in [0.1, 0.15) is 23.2 Å². The Kier molecular flexibility index (Phi) is 5.52. The molecule has 1 aliphatic heterocycles. The van der Waals surface area contributed by atoms with E-state index in [1.807, 2.05) is 6.07 Å². The summed E-state index contributed by atoms with van der Waals surface area (Å²) >= 11 is 0. The van der Waals surface area contributed by atoms with Gasteiger partial charge in [-0.3, -0.25) is 4.79 Å². The summed E-state index contributed by atoms with van der Waals surface area (Å²) in [6, 6.07) is 1.83. The molecule has 0 aromatic carbocycles. The first-order chi connectivity index (χ1) is 12.6. The molecule has 26 heavy (non-hydrogen) atoms. The number of carbonyl (C=O) groups is 2. The normalized spacial score (nSPS) is 17.1. The van der Waals surface area contributed by atoms with Crippen molar-refractivity contribution in [3.63, 3.8) is 0 Å². The minimum atomic E-state index is -0.549. The molecule has 0 saturated carbocycles. The van der Waals surface area contributed by atoms with Gasteiger partial charge in [0, 0.05) is 36.9 Å². The maximum Gasteiger partial charge on any atom is 0.341 e. The third kappa shape index (κ3) is 3.70. The number of rotatable bonds is 6. The Morgan fingerprint density at radius 2 is 2.38 bits per heavy atom. The molecule has 8 heteroatoms. The van der Waals surface area contributed by atoms with Crippen LogP contribution in [-0.2, 0) is 9.53 Å². The topological polar surface area (TPSA) is 108 Å². The van der Waals surface area contributed by atoms with Gasteiger partial charge in [0.2, 0.25) is 5.91 Å². The largest absolute Gasteiger partial charge is 0.460 e. The van der Waals surface area contributed by atoms with Crippen molar-refractivity contribution in [3.8, 4) is 0 Å². The number of carbonyl (C=O) groups excluding carboxylic acids is 2. The van der Waals surface area contributed by atoms with Crippen LogP contribution in [0, 0.1) is 0 Å². The minimum Gasteiger partial charge on any atom is -0.460 e. The van der Waals surface area contributed by atoms with Crippen LogP contribution >= 0.6 is 0 Å². The number of anilines is 1. The molecule has 138 valence electrons. The molecule has 1 aliphatic rings. The molecule has 1 atom stereocenters. The number of likely N-dealkylation sites (tertiary alicyclic amines) is 1. The van der Waals surface area contributed by atoms with Gasteiger partial charge in [-0.15, -0.1) is 0 Å². The lowest BCUT2D eigenvalue weighted by Gasteiger charge is -2.33. The molecular weight excluding hydrogens is 336 g/mol. The maximum absolute atomic E-state index is 12.3. The van der Waals surface area contributed by atoms with Crippen molar-refractivity contribution >= 4 is 28.6 Å². The average Bonchev–Trinajstić information content (AvgIpc) is 3.15. The van der Waals surface area contributed by atoms with Gasteiger partial charge in [-0.25, -0.2) is 9.78 Å². The van der Waals surface area contributed by atoms with Crippen LogP contribution in [0.3, 0.4) is 0 Å². The Balaban J connectivity index is 1.87. The summed E-state index contributed by atoms with van der Waals surface area (Å²) in [7, 11) is 0. The van der Waals surface area contributed by atoms with Crippen LogP contribution in [0.2, 0.25) is 0 Å². The van der Waals surface area contributed by atoms with E-state index in [9.17, 15) is 9.59 Å². The first kappa shape index (κ1) is 17.9. The highest BCUT2D eigenvalue weighted by Gasteiger charge is 2.25. The van der Waals surface area contributed by atoms with Gasteiger partial charge in [-0.1, -0.05) is 6.58 Å². The Bertz CT molecular complexity index is 817. The van der Waals surface area contributed by atoms with Crippen LogP contribution in [0.25, 0.3) is 11.0 Å². The van der Waals surface area contributed by atoms with E-state index in [0.717, 1.165) is 18.2 Å². The fraction of sp³-hybridized carbons (Fsp3) is 0.389. The number of amides is 1. The van der Waals surface area contributed by atoms with Crippen molar-refractivity contribution < 1.29 is 19.4 Å². The number of pyridine rings is 1. The Labute approximate surface area is 150 Å². The van der Waals surface area contributed by atoms with E-state index in [4.69, 9.17) is 9.84 Å². The van der Waals surface area contributed by atoms with Crippen molar-refractivity contribution in [3.05, 3.63) is 36.7 Å². The number of esters is 1. The van der Waals surface area contributed by atoms with E-state index >= 15 is 0 Å². The number of aliphatic hydroxyl groups excluding tert-OH is 1. The van der Waals surface area contributed by atoms with Gasteiger partial charge in [-0.05, 0) is 25.0 Å². The van der Waals surface area contributed by atoms with Gasteiger partial charge < -0.3 is 25.0 Å². The zero-order valence-corrected chi connectivity index (χ0v) is 14.4. The summed E-state index contributed by atoms with van der Waals surface area (Å²) in [4.78, 5) is 33.3. The number of aromatic nitrogens is 2. The minimum absolute atomic E-state index is 0.00228. The smallest absolute Gasteiger partial charge is 0.341 e. The molecule has 3 N–H and O–H groups in total. The van der Waals surface area contributed by atoms with Crippen LogP contribution in [-0.4, -0.2) is 64.2 Å². The summed E-state index contributed by atoms with van der Waals surface area (Å²) in [5, 5.41) is 13.0. The zero-order valence-electron chi connectivity index (χ0n) is 14.4. The molecule has 1 fully saturated rings. The van der Waals surface area contributed by atoms with Crippen molar-refractivity contribution in [1.82, 2.24) is 14.9 Å². The third-order valence-corrected chi connectivity index (χ3v) is 4.39. The van der Waals surface area contributed by atoms with Crippen LogP contribution < -0.4 is 5.32 Å². The number of aliphatic hydroxyl groups is 1. The fourth-order valence-corrected chi connectivity index (χ4v) is 3.16. The monoisotopic (exact) mass is 358 g/mol. The van der Waals surface area contributed by atoms with E-state index in [2.05, 4.69) is 21.9 Å². The van der Waals surface area contributed by atoms with Crippen LogP contribution in [0.5, 0.6) is 0 Å². The summed E-state index contributed by atoms with van der Waals surface area (Å²) in [5.74, 6) is -0.646. The highest BCUT2D eigenvalue weighted by molar-refractivity contribution is 6.04. The molecule has 2 aromatic rings. The fourth-order valence-electron chi connectivity index (χ4n) is 3.16. The molecule has 1 saturated heterocycles. The Hall–Kier alpha value is -2.87. The summed E-state index contributed by atoms with van der Waals surface area (Å²) in [6.45, 7) is 4.45. The number of nitrogens with one attached hydrogen (secondary N) is 2. The summed E-state index contributed by atoms with van der Waals surface area (Å²) in [5.41, 5.74) is 1.58. The molecule has 0 bridgehead atoms. The zero-order chi connectivity index (χ0) is 18.5. The van der Waals surface area contributed by atoms with Crippen LogP contribution in [0.15, 0.2) is 31.1 Å². The van der Waals surface area contributed by atoms with Gasteiger partial charge in [0.25, 0.3) is 0 Å². The number of nitrogens with zero attached hydrogens (tertiary/aromatic N) is 2. The second-order valence-electron chi connectivity index (χ2n) is 6.12. The average molecular weight is 358 g/mol. The van der Waals surface area contributed by atoms with Gasteiger partial charge in [0.1, 0.15) is 17.8 Å². The molecule has 1 amide bonds. The SMILES string of the molecule is C=CC(=O)N1CCC[C@@H](Nc2c(C(=O)OCCO)cnc3[nH]ccc23)C1. The highest BCUT2D eigenvalue weighted by Crippen LogP contribution is 2.28. The summed E-state index contributed by atoms with van der Waals surface area (Å²) in [6.07, 6.45) is 6.26. The number of hydrogen-bond acceptors (Lipinski definition) is 6. The number of aromatic amines is 1. The van der Waals surface area contributed by atoms with Crippen LogP contribution in [0.4, 0.5) is 5.69 Å². The number of H-pyrrole nitrogens is 1. The van der Waals surface area contributed by atoms with Crippen molar-refractivity contribution in [2.75, 3.05) is 31.6 Å². The second-order valence-corrected chi connectivity index (χ2v) is 6.12. The van der Waals surface area contributed by atoms with Crippen molar-refractivity contribution in [1.29, 1.82) is 0 Å². The number of ether oxygens (including phenoxy) is 1. The highest BCUT2D eigenvalue weighted by atomic mass is 16.5. The van der Waals surface area contributed by atoms with Crippen molar-refractivity contribution in [2.45, 2.75) is 18.9 Å². The van der Waals surface area contributed by atoms with Gasteiger partial charge in [0.05, 0.1) is 12.3 Å². The first-order valence-electron chi connectivity index (χ1n) is 8.56. The lowest BCUT2D eigenvalue weighted by molar-refractivity contribution is -0.127. The molecule has 3 rings (SSSR count). The molecule has 2 aromatic heterocycles. The van der Waals surface area contributed by atoms with Gasteiger partial charge in [-0.2, -0.15) is 0 Å². The molecule has 0 unspecified atom stereocenters. The third-order valence-electron chi connectivity index (χ3n) is 4.39. The van der Waals surface area contributed by atoms with Crippen molar-refractivity contribution in [2.24, 2.45) is 0 Å². The van der Waals surface area contributed by atoms with Gasteiger partial charge in [0.15, 0.2) is 0 Å².